The maximum atomic E-state index is 4.37. The second kappa shape index (κ2) is 5.36. The van der Waals surface area contributed by atoms with Gasteiger partial charge in [0.15, 0.2) is 0 Å². The second-order valence-corrected chi connectivity index (χ2v) is 4.29. The summed E-state index contributed by atoms with van der Waals surface area (Å²) in [5.41, 5.74) is 4.25. The van der Waals surface area contributed by atoms with Gasteiger partial charge in [-0.05, 0) is 36.4 Å². The number of hydrogen-bond acceptors (Lipinski definition) is 2. The first-order valence-electron chi connectivity index (χ1n) is 6.25. The van der Waals surface area contributed by atoms with Crippen molar-refractivity contribution in [3.63, 3.8) is 0 Å². The lowest BCUT2D eigenvalue weighted by Gasteiger charge is -2.08. The highest BCUT2D eigenvalue weighted by Gasteiger charge is 2.00. The van der Waals surface area contributed by atoms with Crippen molar-refractivity contribution in [1.29, 1.82) is 0 Å². The molecular formula is C17H14N2. The molecule has 0 atom stereocenters. The number of nitrogens with one attached hydrogen (secondary N) is 1. The van der Waals surface area contributed by atoms with Crippen molar-refractivity contribution in [2.45, 2.75) is 0 Å². The fourth-order valence-corrected chi connectivity index (χ4v) is 1.98. The molecule has 2 heteroatoms. The Morgan fingerprint density at radius 2 is 1.47 bits per heavy atom. The van der Waals surface area contributed by atoms with Gasteiger partial charge >= 0.3 is 0 Å². The molecule has 0 saturated heterocycles. The van der Waals surface area contributed by atoms with E-state index in [0.717, 1.165) is 22.6 Å². The first kappa shape index (κ1) is 11.5. The number of pyridine rings is 1. The lowest BCUT2D eigenvalue weighted by atomic mass is 10.1. The lowest BCUT2D eigenvalue weighted by Crippen LogP contribution is -1.90. The molecule has 92 valence electrons. The van der Waals surface area contributed by atoms with E-state index in [1.807, 2.05) is 60.8 Å². The standard InChI is InChI=1S/C17H14N2/c1-2-8-15(9-3-1)19-16-10-6-7-14(13-16)17-11-4-5-12-18-17/h1-13,19H. The van der Waals surface area contributed by atoms with Gasteiger partial charge in [0, 0.05) is 23.1 Å². The summed E-state index contributed by atoms with van der Waals surface area (Å²) in [4.78, 5) is 4.37. The van der Waals surface area contributed by atoms with E-state index in [1.54, 1.807) is 0 Å². The molecule has 0 amide bonds. The number of rotatable bonds is 3. The fraction of sp³-hybridized carbons (Fsp3) is 0. The van der Waals surface area contributed by atoms with Crippen molar-refractivity contribution in [2.24, 2.45) is 0 Å². The van der Waals surface area contributed by atoms with Crippen LogP contribution in [-0.2, 0) is 0 Å². The van der Waals surface area contributed by atoms with Gasteiger partial charge in [0.05, 0.1) is 5.69 Å². The minimum Gasteiger partial charge on any atom is -0.356 e. The quantitative estimate of drug-likeness (QED) is 0.736. The largest absolute Gasteiger partial charge is 0.356 e. The summed E-state index contributed by atoms with van der Waals surface area (Å²) < 4.78 is 0. The maximum absolute atomic E-state index is 4.37. The van der Waals surface area contributed by atoms with Gasteiger partial charge in [0.25, 0.3) is 0 Å². The third kappa shape index (κ3) is 2.80. The Kier molecular flexibility index (Phi) is 3.24. The van der Waals surface area contributed by atoms with Crippen LogP contribution in [0.1, 0.15) is 0 Å². The van der Waals surface area contributed by atoms with Crippen molar-refractivity contribution < 1.29 is 0 Å². The summed E-state index contributed by atoms with van der Waals surface area (Å²) in [6.07, 6.45) is 1.81. The molecule has 0 radical (unpaired) electrons. The Hall–Kier alpha value is -2.61. The lowest BCUT2D eigenvalue weighted by molar-refractivity contribution is 1.33. The summed E-state index contributed by atoms with van der Waals surface area (Å²) in [6.45, 7) is 0. The average molecular weight is 246 g/mol. The van der Waals surface area contributed by atoms with Crippen LogP contribution in [0.5, 0.6) is 0 Å². The molecule has 2 nitrogen and oxygen atoms in total. The van der Waals surface area contributed by atoms with E-state index < -0.39 is 0 Å². The van der Waals surface area contributed by atoms with Crippen molar-refractivity contribution in [2.75, 3.05) is 5.32 Å². The fourth-order valence-electron chi connectivity index (χ4n) is 1.98. The van der Waals surface area contributed by atoms with Gasteiger partial charge in [-0.25, -0.2) is 0 Å². The summed E-state index contributed by atoms with van der Waals surface area (Å²) >= 11 is 0. The molecule has 0 fully saturated rings. The molecule has 1 heterocycles. The monoisotopic (exact) mass is 246 g/mol. The zero-order chi connectivity index (χ0) is 12.9. The molecule has 0 aliphatic heterocycles. The van der Waals surface area contributed by atoms with E-state index >= 15 is 0 Å². The minimum atomic E-state index is 0.985. The molecule has 2 aromatic carbocycles. The van der Waals surface area contributed by atoms with E-state index in [-0.39, 0.29) is 0 Å². The SMILES string of the molecule is c1ccc(Nc2cccc(-c3ccccn3)c2)cc1. The average Bonchev–Trinajstić information content (AvgIpc) is 2.49. The first-order chi connectivity index (χ1) is 9.42. The number of aromatic nitrogens is 1. The summed E-state index contributed by atoms with van der Waals surface area (Å²) in [7, 11) is 0. The Morgan fingerprint density at radius 3 is 2.26 bits per heavy atom. The van der Waals surface area contributed by atoms with E-state index in [1.165, 1.54) is 0 Å². The summed E-state index contributed by atoms with van der Waals surface area (Å²) in [6, 6.07) is 24.4. The Labute approximate surface area is 112 Å². The van der Waals surface area contributed by atoms with Gasteiger partial charge in [-0.3, -0.25) is 4.98 Å². The van der Waals surface area contributed by atoms with Crippen LogP contribution in [0.3, 0.4) is 0 Å². The molecule has 19 heavy (non-hydrogen) atoms. The highest BCUT2D eigenvalue weighted by molar-refractivity contribution is 5.68. The van der Waals surface area contributed by atoms with Crippen LogP contribution >= 0.6 is 0 Å². The topological polar surface area (TPSA) is 24.9 Å². The zero-order valence-corrected chi connectivity index (χ0v) is 10.5. The molecule has 0 saturated carbocycles. The molecule has 0 unspecified atom stereocenters. The number of anilines is 2. The third-order valence-electron chi connectivity index (χ3n) is 2.89. The van der Waals surface area contributed by atoms with Gasteiger partial charge in [-0.2, -0.15) is 0 Å². The van der Waals surface area contributed by atoms with E-state index in [9.17, 15) is 0 Å². The van der Waals surface area contributed by atoms with Crippen LogP contribution in [0.2, 0.25) is 0 Å². The molecular weight excluding hydrogens is 232 g/mol. The van der Waals surface area contributed by atoms with Crippen molar-refractivity contribution >= 4 is 11.4 Å². The van der Waals surface area contributed by atoms with Crippen LogP contribution in [0.25, 0.3) is 11.3 Å². The van der Waals surface area contributed by atoms with Gasteiger partial charge in [-0.1, -0.05) is 36.4 Å². The summed E-state index contributed by atoms with van der Waals surface area (Å²) in [5.74, 6) is 0. The van der Waals surface area contributed by atoms with Crippen LogP contribution in [0, 0.1) is 0 Å². The van der Waals surface area contributed by atoms with Crippen molar-refractivity contribution in [3.8, 4) is 11.3 Å². The predicted molar refractivity (Wildman–Crippen MR) is 79.4 cm³/mol. The summed E-state index contributed by atoms with van der Waals surface area (Å²) in [5, 5.41) is 3.39. The van der Waals surface area contributed by atoms with E-state index in [0.29, 0.717) is 0 Å². The zero-order valence-electron chi connectivity index (χ0n) is 10.5. The molecule has 1 aromatic heterocycles. The predicted octanol–water partition coefficient (Wildman–Crippen LogP) is 4.49. The van der Waals surface area contributed by atoms with Crippen LogP contribution < -0.4 is 5.32 Å². The smallest absolute Gasteiger partial charge is 0.0702 e. The molecule has 1 N–H and O–H groups in total. The number of nitrogens with zero attached hydrogens (tertiary/aromatic N) is 1. The number of hydrogen-bond donors (Lipinski definition) is 1. The van der Waals surface area contributed by atoms with Gasteiger partial charge in [0.2, 0.25) is 0 Å². The Morgan fingerprint density at radius 1 is 0.684 bits per heavy atom. The van der Waals surface area contributed by atoms with Crippen LogP contribution in [-0.4, -0.2) is 4.98 Å². The van der Waals surface area contributed by atoms with Crippen LogP contribution in [0.4, 0.5) is 11.4 Å². The highest BCUT2D eigenvalue weighted by atomic mass is 14.9. The van der Waals surface area contributed by atoms with Crippen LogP contribution in [0.15, 0.2) is 79.0 Å². The number of para-hydroxylation sites is 1. The van der Waals surface area contributed by atoms with Gasteiger partial charge in [-0.15, -0.1) is 0 Å². The second-order valence-electron chi connectivity index (χ2n) is 4.29. The molecule has 0 spiro atoms. The minimum absolute atomic E-state index is 0.985. The van der Waals surface area contributed by atoms with Gasteiger partial charge in [0.1, 0.15) is 0 Å². The normalized spacial score (nSPS) is 10.1. The number of benzene rings is 2. The van der Waals surface area contributed by atoms with E-state index in [2.05, 4.69) is 28.5 Å². The molecule has 0 aliphatic rings. The Bertz CT molecular complexity index is 648. The molecule has 3 aromatic rings. The van der Waals surface area contributed by atoms with E-state index in [4.69, 9.17) is 0 Å². The highest BCUT2D eigenvalue weighted by Crippen LogP contribution is 2.22. The Balaban J connectivity index is 1.89. The molecule has 0 bridgehead atoms. The van der Waals surface area contributed by atoms with Crippen molar-refractivity contribution in [1.82, 2.24) is 4.98 Å². The molecule has 3 rings (SSSR count). The van der Waals surface area contributed by atoms with Gasteiger partial charge < -0.3 is 5.32 Å². The molecule has 0 aliphatic carbocycles. The maximum Gasteiger partial charge on any atom is 0.0702 e. The first-order valence-corrected chi connectivity index (χ1v) is 6.25. The van der Waals surface area contributed by atoms with Crippen molar-refractivity contribution in [3.05, 3.63) is 79.0 Å². The third-order valence-corrected chi connectivity index (χ3v) is 2.89.